The average molecular weight is 434 g/mol. The molecule has 134 valence electrons. The van der Waals surface area contributed by atoms with Crippen LogP contribution < -0.4 is 10.1 Å². The quantitative estimate of drug-likeness (QED) is 0.508. The maximum atomic E-state index is 12.1. The summed E-state index contributed by atoms with van der Waals surface area (Å²) in [6.07, 6.45) is 1.52. The molecule has 0 heterocycles. The van der Waals surface area contributed by atoms with Gasteiger partial charge in [-0.25, -0.2) is 0 Å². The highest BCUT2D eigenvalue weighted by Crippen LogP contribution is 2.27. The molecule has 2 rings (SSSR count). The summed E-state index contributed by atoms with van der Waals surface area (Å²) in [5.41, 5.74) is 1.49. The van der Waals surface area contributed by atoms with E-state index in [-0.39, 0.29) is 18.2 Å². The van der Waals surface area contributed by atoms with Gasteiger partial charge < -0.3 is 10.1 Å². The summed E-state index contributed by atoms with van der Waals surface area (Å²) in [6.45, 7) is 3.95. The van der Waals surface area contributed by atoms with Gasteiger partial charge in [-0.15, -0.1) is 0 Å². The Bertz CT molecular complexity index is 872. The van der Waals surface area contributed by atoms with Crippen LogP contribution in [0.25, 0.3) is 6.08 Å². The Morgan fingerprint density at radius 1 is 1.35 bits per heavy atom. The molecule has 0 aliphatic heterocycles. The van der Waals surface area contributed by atoms with E-state index < -0.39 is 5.91 Å². The molecule has 0 unspecified atom stereocenters. The fourth-order valence-electron chi connectivity index (χ4n) is 2.18. The number of nitrogens with zero attached hydrogens (tertiary/aromatic N) is 1. The van der Waals surface area contributed by atoms with Gasteiger partial charge in [-0.2, -0.15) is 5.26 Å². The Morgan fingerprint density at radius 2 is 2.08 bits per heavy atom. The molecule has 1 N–H and O–H groups in total. The molecule has 0 saturated carbocycles. The van der Waals surface area contributed by atoms with E-state index in [2.05, 4.69) is 21.2 Å². The minimum absolute atomic E-state index is 0.0133. The van der Waals surface area contributed by atoms with Crippen molar-refractivity contribution >= 4 is 39.5 Å². The molecular weight excluding hydrogens is 416 g/mol. The number of benzene rings is 2. The predicted molar refractivity (Wildman–Crippen MR) is 107 cm³/mol. The molecule has 0 aliphatic rings. The molecule has 26 heavy (non-hydrogen) atoms. The Labute approximate surface area is 166 Å². The number of carbonyl (C=O) groups is 1. The first-order valence-corrected chi connectivity index (χ1v) is 9.16. The molecule has 6 heteroatoms. The van der Waals surface area contributed by atoms with E-state index in [9.17, 15) is 10.1 Å². The molecule has 0 aliphatic carbocycles. The molecule has 0 radical (unpaired) electrons. The summed E-state index contributed by atoms with van der Waals surface area (Å²) in [5, 5.41) is 12.7. The molecule has 0 saturated heterocycles. The van der Waals surface area contributed by atoms with Crippen molar-refractivity contribution in [2.24, 2.45) is 0 Å². The zero-order valence-corrected chi connectivity index (χ0v) is 16.8. The van der Waals surface area contributed by atoms with Crippen LogP contribution in [0.15, 0.2) is 52.5 Å². The van der Waals surface area contributed by atoms with Crippen LogP contribution in [0.4, 0.5) is 0 Å². The van der Waals surface area contributed by atoms with Gasteiger partial charge in [0.1, 0.15) is 24.0 Å². The van der Waals surface area contributed by atoms with Crippen LogP contribution in [0, 0.1) is 11.3 Å². The van der Waals surface area contributed by atoms with Crippen molar-refractivity contribution in [2.45, 2.75) is 26.5 Å². The van der Waals surface area contributed by atoms with Gasteiger partial charge in [-0.3, -0.25) is 4.79 Å². The number of nitrogens with one attached hydrogen (secondary N) is 1. The molecule has 0 spiro atoms. The smallest absolute Gasteiger partial charge is 0.262 e. The molecule has 1 amide bonds. The van der Waals surface area contributed by atoms with Gasteiger partial charge in [0, 0.05) is 26.7 Å². The normalized spacial score (nSPS) is 11.2. The molecule has 0 aromatic heterocycles. The number of nitriles is 1. The van der Waals surface area contributed by atoms with Crippen molar-refractivity contribution in [2.75, 3.05) is 0 Å². The number of hydrogen-bond acceptors (Lipinski definition) is 3. The standard InChI is InChI=1S/C20H18BrClN2O2/c1-13(2)24-20(25)16(11-23)9-15-10-17(21)7-8-19(15)26-12-14-5-3-4-6-18(14)22/h3-10,13H,12H2,1-2H3,(H,24,25)/b16-9-. The number of amides is 1. The molecule has 0 fully saturated rings. The van der Waals surface area contributed by atoms with Gasteiger partial charge in [0.15, 0.2) is 0 Å². The molecule has 0 bridgehead atoms. The zero-order chi connectivity index (χ0) is 19.1. The number of rotatable bonds is 6. The summed E-state index contributed by atoms with van der Waals surface area (Å²) in [6, 6.07) is 14.7. The minimum Gasteiger partial charge on any atom is -0.488 e. The van der Waals surface area contributed by atoms with E-state index in [0.717, 1.165) is 10.0 Å². The molecule has 2 aromatic carbocycles. The van der Waals surface area contributed by atoms with Crippen molar-refractivity contribution in [1.29, 1.82) is 5.26 Å². The largest absolute Gasteiger partial charge is 0.488 e. The Kier molecular flexibility index (Phi) is 7.26. The number of ether oxygens (including phenoxy) is 1. The maximum Gasteiger partial charge on any atom is 0.262 e. The Morgan fingerprint density at radius 3 is 2.73 bits per heavy atom. The third-order valence-corrected chi connectivity index (χ3v) is 4.26. The predicted octanol–water partition coefficient (Wildman–Crippen LogP) is 5.11. The first-order chi connectivity index (χ1) is 12.4. The van der Waals surface area contributed by atoms with Crippen LogP contribution in [0.3, 0.4) is 0 Å². The Balaban J connectivity index is 2.29. The highest BCUT2D eigenvalue weighted by molar-refractivity contribution is 9.10. The van der Waals surface area contributed by atoms with Gasteiger partial charge >= 0.3 is 0 Å². The number of hydrogen-bond donors (Lipinski definition) is 1. The van der Waals surface area contributed by atoms with Crippen molar-refractivity contribution in [3.05, 3.63) is 68.7 Å². The van der Waals surface area contributed by atoms with Crippen molar-refractivity contribution < 1.29 is 9.53 Å². The van der Waals surface area contributed by atoms with Crippen LogP contribution >= 0.6 is 27.5 Å². The van der Waals surface area contributed by atoms with Crippen molar-refractivity contribution in [3.8, 4) is 11.8 Å². The third-order valence-electron chi connectivity index (χ3n) is 3.40. The SMILES string of the molecule is CC(C)NC(=O)/C(C#N)=C\c1cc(Br)ccc1OCc1ccccc1Cl. The van der Waals surface area contributed by atoms with Crippen LogP contribution in [0.1, 0.15) is 25.0 Å². The lowest BCUT2D eigenvalue weighted by Gasteiger charge is -2.12. The molecule has 2 aromatic rings. The van der Waals surface area contributed by atoms with Crippen LogP contribution in [-0.2, 0) is 11.4 Å². The third kappa shape index (κ3) is 5.62. The zero-order valence-electron chi connectivity index (χ0n) is 14.4. The number of halogens is 2. The number of carbonyl (C=O) groups excluding carboxylic acids is 1. The first-order valence-electron chi connectivity index (χ1n) is 7.99. The fourth-order valence-corrected chi connectivity index (χ4v) is 2.75. The second-order valence-electron chi connectivity index (χ2n) is 5.86. The molecular formula is C20H18BrClN2O2. The Hall–Kier alpha value is -2.29. The highest BCUT2D eigenvalue weighted by atomic mass is 79.9. The second-order valence-corrected chi connectivity index (χ2v) is 7.18. The van der Waals surface area contributed by atoms with Crippen LogP contribution in [0.5, 0.6) is 5.75 Å². The van der Waals surface area contributed by atoms with E-state index in [1.165, 1.54) is 6.08 Å². The summed E-state index contributed by atoms with van der Waals surface area (Å²) in [5.74, 6) is 0.137. The average Bonchev–Trinajstić information content (AvgIpc) is 2.59. The monoisotopic (exact) mass is 432 g/mol. The minimum atomic E-state index is -0.417. The summed E-state index contributed by atoms with van der Waals surface area (Å²) < 4.78 is 6.69. The maximum absolute atomic E-state index is 12.1. The first kappa shape index (κ1) is 20.0. The van der Waals surface area contributed by atoms with E-state index in [4.69, 9.17) is 16.3 Å². The lowest BCUT2D eigenvalue weighted by molar-refractivity contribution is -0.117. The van der Waals surface area contributed by atoms with E-state index in [1.807, 2.05) is 44.2 Å². The van der Waals surface area contributed by atoms with E-state index in [0.29, 0.717) is 16.3 Å². The van der Waals surface area contributed by atoms with Gasteiger partial charge in [0.05, 0.1) is 0 Å². The fraction of sp³-hybridized carbons (Fsp3) is 0.200. The summed E-state index contributed by atoms with van der Waals surface area (Å²) >= 11 is 9.56. The van der Waals surface area contributed by atoms with Crippen molar-refractivity contribution in [3.63, 3.8) is 0 Å². The summed E-state index contributed by atoms with van der Waals surface area (Å²) in [7, 11) is 0. The molecule has 0 atom stereocenters. The van der Waals surface area contributed by atoms with Crippen molar-refractivity contribution in [1.82, 2.24) is 5.32 Å². The van der Waals surface area contributed by atoms with Gasteiger partial charge in [-0.1, -0.05) is 45.7 Å². The van der Waals surface area contributed by atoms with Gasteiger partial charge in [0.2, 0.25) is 0 Å². The van der Waals surface area contributed by atoms with Crippen LogP contribution in [0.2, 0.25) is 5.02 Å². The highest BCUT2D eigenvalue weighted by Gasteiger charge is 2.12. The lowest BCUT2D eigenvalue weighted by atomic mass is 10.1. The van der Waals surface area contributed by atoms with Crippen LogP contribution in [-0.4, -0.2) is 11.9 Å². The van der Waals surface area contributed by atoms with Gasteiger partial charge in [-0.05, 0) is 44.2 Å². The lowest BCUT2D eigenvalue weighted by Crippen LogP contribution is -2.30. The van der Waals surface area contributed by atoms with E-state index in [1.54, 1.807) is 18.2 Å². The summed E-state index contributed by atoms with van der Waals surface area (Å²) in [4.78, 5) is 12.1. The second kappa shape index (κ2) is 9.42. The van der Waals surface area contributed by atoms with E-state index >= 15 is 0 Å². The van der Waals surface area contributed by atoms with Gasteiger partial charge in [0.25, 0.3) is 5.91 Å². The molecule has 4 nitrogen and oxygen atoms in total. The topological polar surface area (TPSA) is 62.1 Å².